The van der Waals surface area contributed by atoms with Gasteiger partial charge < -0.3 is 5.32 Å². The number of benzene rings is 1. The molecule has 0 unspecified atom stereocenters. The summed E-state index contributed by atoms with van der Waals surface area (Å²) in [5, 5.41) is 23.9. The summed E-state index contributed by atoms with van der Waals surface area (Å²) in [6.07, 6.45) is 1.33. The maximum Gasteiger partial charge on any atom is 0.270 e. The molecule has 104 valence electrons. The van der Waals surface area contributed by atoms with E-state index in [0.717, 1.165) is 0 Å². The molecule has 0 spiro atoms. The lowest BCUT2D eigenvalue weighted by Crippen LogP contribution is -2.20. The van der Waals surface area contributed by atoms with Crippen LogP contribution in [0.4, 0.5) is 11.4 Å². The van der Waals surface area contributed by atoms with Gasteiger partial charge in [-0.3, -0.25) is 14.9 Å². The van der Waals surface area contributed by atoms with Gasteiger partial charge in [-0.05, 0) is 35.4 Å². The molecule has 0 aliphatic heterocycles. The maximum absolute atomic E-state index is 11.8. The van der Waals surface area contributed by atoms with Crippen LogP contribution < -0.4 is 5.32 Å². The minimum Gasteiger partial charge on any atom is -0.324 e. The molecule has 0 aliphatic carbocycles. The van der Waals surface area contributed by atoms with E-state index in [4.69, 9.17) is 0 Å². The molecule has 9 nitrogen and oxygen atoms in total. The standard InChI is InChI=1S/C11H12N6O3/c1-7-3-9(17(19)20)4-8(2)11(7)13-10(18)5-16-6-12-14-15-16/h3-4,6H,5H2,1-2H3,(H,13,18). The molecule has 0 saturated carbocycles. The first-order valence-electron chi connectivity index (χ1n) is 5.73. The van der Waals surface area contributed by atoms with E-state index < -0.39 is 4.92 Å². The molecule has 2 rings (SSSR count). The summed E-state index contributed by atoms with van der Waals surface area (Å²) in [7, 11) is 0. The number of amides is 1. The number of aromatic nitrogens is 4. The van der Waals surface area contributed by atoms with E-state index in [1.165, 1.54) is 23.1 Å². The average Bonchev–Trinajstić information content (AvgIpc) is 2.86. The van der Waals surface area contributed by atoms with Gasteiger partial charge in [0.15, 0.2) is 0 Å². The molecule has 1 N–H and O–H groups in total. The number of non-ortho nitro benzene ring substituents is 1. The molecule has 1 amide bonds. The monoisotopic (exact) mass is 276 g/mol. The van der Waals surface area contributed by atoms with Crippen molar-refractivity contribution in [3.05, 3.63) is 39.7 Å². The third kappa shape index (κ3) is 2.94. The summed E-state index contributed by atoms with van der Waals surface area (Å²) >= 11 is 0. The van der Waals surface area contributed by atoms with Crippen molar-refractivity contribution in [1.82, 2.24) is 20.2 Å². The summed E-state index contributed by atoms with van der Waals surface area (Å²) in [5.74, 6) is -0.308. The summed E-state index contributed by atoms with van der Waals surface area (Å²) < 4.78 is 1.28. The number of carbonyl (C=O) groups is 1. The van der Waals surface area contributed by atoms with Gasteiger partial charge in [0.25, 0.3) is 5.69 Å². The molecule has 0 bridgehead atoms. The molecule has 0 saturated heterocycles. The van der Waals surface area contributed by atoms with Gasteiger partial charge in [0.05, 0.1) is 4.92 Å². The molecule has 0 radical (unpaired) electrons. The van der Waals surface area contributed by atoms with Crippen LogP contribution in [0.25, 0.3) is 0 Å². The highest BCUT2D eigenvalue weighted by molar-refractivity contribution is 5.92. The van der Waals surface area contributed by atoms with E-state index in [2.05, 4.69) is 20.8 Å². The molecule has 2 aromatic rings. The van der Waals surface area contributed by atoms with E-state index in [-0.39, 0.29) is 18.1 Å². The Morgan fingerprint density at radius 2 is 2.05 bits per heavy atom. The summed E-state index contributed by atoms with van der Waals surface area (Å²) in [4.78, 5) is 22.1. The zero-order valence-electron chi connectivity index (χ0n) is 10.9. The number of tetrazole rings is 1. The second-order valence-corrected chi connectivity index (χ2v) is 4.27. The summed E-state index contributed by atoms with van der Waals surface area (Å²) in [6, 6.07) is 2.83. The number of anilines is 1. The van der Waals surface area contributed by atoms with Gasteiger partial charge in [-0.15, -0.1) is 5.10 Å². The van der Waals surface area contributed by atoms with E-state index in [0.29, 0.717) is 16.8 Å². The largest absolute Gasteiger partial charge is 0.324 e. The Bertz CT molecular complexity index is 629. The third-order valence-corrected chi connectivity index (χ3v) is 2.69. The van der Waals surface area contributed by atoms with Crippen LogP contribution in [0, 0.1) is 24.0 Å². The Balaban J connectivity index is 2.17. The van der Waals surface area contributed by atoms with Crippen molar-refractivity contribution in [2.45, 2.75) is 20.4 Å². The lowest BCUT2D eigenvalue weighted by atomic mass is 10.1. The zero-order valence-corrected chi connectivity index (χ0v) is 10.9. The molecular formula is C11H12N6O3. The topological polar surface area (TPSA) is 116 Å². The first-order chi connectivity index (χ1) is 9.47. The Kier molecular flexibility index (Phi) is 3.69. The third-order valence-electron chi connectivity index (χ3n) is 2.69. The molecule has 0 atom stereocenters. The minimum absolute atomic E-state index is 0.00141. The van der Waals surface area contributed by atoms with Crippen molar-refractivity contribution in [2.75, 3.05) is 5.32 Å². The molecule has 0 aliphatic rings. The normalized spacial score (nSPS) is 10.3. The molecular weight excluding hydrogens is 264 g/mol. The van der Waals surface area contributed by atoms with Crippen molar-refractivity contribution in [1.29, 1.82) is 0 Å². The average molecular weight is 276 g/mol. The van der Waals surface area contributed by atoms with Gasteiger partial charge >= 0.3 is 0 Å². The van der Waals surface area contributed by atoms with Crippen molar-refractivity contribution in [2.24, 2.45) is 0 Å². The van der Waals surface area contributed by atoms with Crippen LogP contribution in [0.3, 0.4) is 0 Å². The summed E-state index contributed by atoms with van der Waals surface area (Å²) in [6.45, 7) is 3.38. The molecule has 1 aromatic heterocycles. The van der Waals surface area contributed by atoms with Crippen LogP contribution >= 0.6 is 0 Å². The highest BCUT2D eigenvalue weighted by atomic mass is 16.6. The number of aryl methyl sites for hydroxylation is 2. The van der Waals surface area contributed by atoms with Gasteiger partial charge in [0.1, 0.15) is 12.9 Å². The SMILES string of the molecule is Cc1cc([N+](=O)[O-])cc(C)c1NC(=O)Cn1cnnn1. The van der Waals surface area contributed by atoms with Crippen molar-refractivity contribution in [3.63, 3.8) is 0 Å². The van der Waals surface area contributed by atoms with E-state index in [1.807, 2.05) is 0 Å². The number of nitro benzene ring substituents is 1. The van der Waals surface area contributed by atoms with Crippen LogP contribution in [0.5, 0.6) is 0 Å². The Morgan fingerprint density at radius 3 is 2.55 bits per heavy atom. The van der Waals surface area contributed by atoms with E-state index in [1.54, 1.807) is 13.8 Å². The number of nitro groups is 1. The van der Waals surface area contributed by atoms with Crippen LogP contribution in [-0.2, 0) is 11.3 Å². The molecule has 20 heavy (non-hydrogen) atoms. The quantitative estimate of drug-likeness (QED) is 0.653. The molecule has 1 heterocycles. The van der Waals surface area contributed by atoms with Crippen LogP contribution in [0.15, 0.2) is 18.5 Å². The number of hydrogen-bond acceptors (Lipinski definition) is 6. The first-order valence-corrected chi connectivity index (χ1v) is 5.73. The van der Waals surface area contributed by atoms with E-state index >= 15 is 0 Å². The minimum atomic E-state index is -0.466. The first kappa shape index (κ1) is 13.6. The van der Waals surface area contributed by atoms with Gasteiger partial charge in [-0.2, -0.15) is 0 Å². The predicted octanol–water partition coefficient (Wildman–Crippen LogP) is 0.837. The van der Waals surface area contributed by atoms with Crippen molar-refractivity contribution >= 4 is 17.3 Å². The van der Waals surface area contributed by atoms with Crippen LogP contribution in [-0.4, -0.2) is 31.0 Å². The molecule has 1 aromatic carbocycles. The molecule has 9 heteroatoms. The molecule has 0 fully saturated rings. The van der Waals surface area contributed by atoms with Crippen molar-refractivity contribution < 1.29 is 9.72 Å². The smallest absolute Gasteiger partial charge is 0.270 e. The second kappa shape index (κ2) is 5.43. The second-order valence-electron chi connectivity index (χ2n) is 4.27. The number of rotatable bonds is 4. The fourth-order valence-corrected chi connectivity index (χ4v) is 1.82. The van der Waals surface area contributed by atoms with E-state index in [9.17, 15) is 14.9 Å². The van der Waals surface area contributed by atoms with Crippen molar-refractivity contribution in [3.8, 4) is 0 Å². The predicted molar refractivity (Wildman–Crippen MR) is 69.0 cm³/mol. The van der Waals surface area contributed by atoms with Gasteiger partial charge in [-0.25, -0.2) is 4.68 Å². The van der Waals surface area contributed by atoms with Crippen LogP contribution in [0.2, 0.25) is 0 Å². The summed E-state index contributed by atoms with van der Waals surface area (Å²) in [5.41, 5.74) is 1.82. The van der Waals surface area contributed by atoms with Gasteiger partial charge in [0, 0.05) is 17.8 Å². The van der Waals surface area contributed by atoms with Crippen LogP contribution in [0.1, 0.15) is 11.1 Å². The lowest BCUT2D eigenvalue weighted by molar-refractivity contribution is -0.384. The highest BCUT2D eigenvalue weighted by Gasteiger charge is 2.14. The Labute approximate surface area is 113 Å². The fourth-order valence-electron chi connectivity index (χ4n) is 1.82. The fraction of sp³-hybridized carbons (Fsp3) is 0.273. The van der Waals surface area contributed by atoms with Gasteiger partial charge in [0.2, 0.25) is 5.91 Å². The number of nitrogens with zero attached hydrogens (tertiary/aromatic N) is 5. The number of carbonyl (C=O) groups excluding carboxylic acids is 1. The zero-order chi connectivity index (χ0) is 14.7. The highest BCUT2D eigenvalue weighted by Crippen LogP contribution is 2.26. The van der Waals surface area contributed by atoms with Gasteiger partial charge in [-0.1, -0.05) is 0 Å². The maximum atomic E-state index is 11.8. The Morgan fingerprint density at radius 1 is 1.40 bits per heavy atom. The Hall–Kier alpha value is -2.84. The number of nitrogens with one attached hydrogen (secondary N) is 1. The lowest BCUT2D eigenvalue weighted by Gasteiger charge is -2.11. The number of hydrogen-bond donors (Lipinski definition) is 1.